The predicted octanol–water partition coefficient (Wildman–Crippen LogP) is 0.975. The van der Waals surface area contributed by atoms with E-state index in [1.54, 1.807) is 6.92 Å². The number of hydrogen-bond acceptors (Lipinski definition) is 4. The van der Waals surface area contributed by atoms with Crippen molar-refractivity contribution in [3.8, 4) is 5.69 Å². The zero-order valence-electron chi connectivity index (χ0n) is 10.8. The maximum atomic E-state index is 11.7. The normalized spacial score (nSPS) is 10.4. The summed E-state index contributed by atoms with van der Waals surface area (Å²) in [5.41, 5.74) is 1.35. The van der Waals surface area contributed by atoms with Crippen LogP contribution < -0.4 is 5.69 Å². The van der Waals surface area contributed by atoms with Gasteiger partial charge < -0.3 is 4.74 Å². The Hall–Kier alpha value is -2.37. The first-order chi connectivity index (χ1) is 9.13. The van der Waals surface area contributed by atoms with Crippen molar-refractivity contribution in [2.24, 2.45) is 0 Å². The summed E-state index contributed by atoms with van der Waals surface area (Å²) in [6.07, 6.45) is 0.791. The molecule has 1 N–H and O–H groups in total. The Morgan fingerprint density at radius 2 is 2.16 bits per heavy atom. The van der Waals surface area contributed by atoms with E-state index in [0.29, 0.717) is 12.2 Å². The minimum Gasteiger partial charge on any atom is -0.469 e. The Morgan fingerprint density at radius 3 is 2.79 bits per heavy atom. The molecule has 0 saturated carbocycles. The van der Waals surface area contributed by atoms with Crippen molar-refractivity contribution < 1.29 is 9.53 Å². The second-order valence-corrected chi connectivity index (χ2v) is 4.12. The van der Waals surface area contributed by atoms with Crippen LogP contribution in [0.25, 0.3) is 5.69 Å². The molecule has 0 atom stereocenters. The molecule has 0 unspecified atom stereocenters. The molecular weight excluding hydrogens is 246 g/mol. The maximum absolute atomic E-state index is 11.7. The number of ether oxygens (including phenoxy) is 1. The summed E-state index contributed by atoms with van der Waals surface area (Å²) in [6, 6.07) is 7.43. The number of esters is 1. The van der Waals surface area contributed by atoms with Gasteiger partial charge in [0.2, 0.25) is 0 Å². The Kier molecular flexibility index (Phi) is 3.79. The molecule has 2 rings (SSSR count). The van der Waals surface area contributed by atoms with Crippen molar-refractivity contribution in [1.82, 2.24) is 14.8 Å². The van der Waals surface area contributed by atoms with Crippen LogP contribution in [0, 0.1) is 6.92 Å². The van der Waals surface area contributed by atoms with Gasteiger partial charge in [0.25, 0.3) is 0 Å². The third kappa shape index (κ3) is 2.73. The molecule has 2 aromatic rings. The van der Waals surface area contributed by atoms with Crippen molar-refractivity contribution >= 4 is 5.97 Å². The molecular formula is C13H15N3O3. The fourth-order valence-corrected chi connectivity index (χ4v) is 1.94. The number of nitrogens with one attached hydrogen (secondary N) is 1. The highest BCUT2D eigenvalue weighted by Crippen LogP contribution is 2.15. The van der Waals surface area contributed by atoms with Gasteiger partial charge in [0.05, 0.1) is 12.8 Å². The monoisotopic (exact) mass is 261 g/mol. The molecule has 0 saturated heterocycles. The molecule has 0 aliphatic heterocycles. The molecule has 1 heterocycles. The molecule has 1 aromatic carbocycles. The molecule has 0 aliphatic carbocycles. The lowest BCUT2D eigenvalue weighted by Gasteiger charge is -2.09. The Balaban J connectivity index is 2.37. The van der Waals surface area contributed by atoms with E-state index in [0.717, 1.165) is 11.3 Å². The van der Waals surface area contributed by atoms with Gasteiger partial charge in [0.15, 0.2) is 0 Å². The van der Waals surface area contributed by atoms with E-state index in [-0.39, 0.29) is 18.1 Å². The zero-order valence-corrected chi connectivity index (χ0v) is 10.8. The quantitative estimate of drug-likeness (QED) is 0.832. The van der Waals surface area contributed by atoms with Gasteiger partial charge >= 0.3 is 11.7 Å². The summed E-state index contributed by atoms with van der Waals surface area (Å²) >= 11 is 0. The van der Waals surface area contributed by atoms with Crippen LogP contribution in [0.2, 0.25) is 0 Å². The summed E-state index contributed by atoms with van der Waals surface area (Å²) < 4.78 is 6.12. The van der Waals surface area contributed by atoms with Crippen LogP contribution in [0.3, 0.4) is 0 Å². The first kappa shape index (κ1) is 13.1. The molecule has 6 heteroatoms. The number of carbonyl (C=O) groups is 1. The van der Waals surface area contributed by atoms with Crippen LogP contribution in [0.15, 0.2) is 29.1 Å². The number of para-hydroxylation sites is 1. The van der Waals surface area contributed by atoms with Gasteiger partial charge in [-0.15, -0.1) is 0 Å². The van der Waals surface area contributed by atoms with E-state index in [9.17, 15) is 9.59 Å². The third-order valence-corrected chi connectivity index (χ3v) is 2.90. The van der Waals surface area contributed by atoms with Crippen LogP contribution in [0.4, 0.5) is 0 Å². The molecule has 0 amide bonds. The smallest absolute Gasteiger partial charge is 0.347 e. The van der Waals surface area contributed by atoms with E-state index >= 15 is 0 Å². The minimum absolute atomic E-state index is 0.272. The fourth-order valence-electron chi connectivity index (χ4n) is 1.94. The van der Waals surface area contributed by atoms with Crippen LogP contribution in [0.1, 0.15) is 17.8 Å². The average Bonchev–Trinajstić information content (AvgIpc) is 2.76. The number of aromatic amines is 1. The molecule has 0 bridgehead atoms. The van der Waals surface area contributed by atoms with Crippen LogP contribution >= 0.6 is 0 Å². The standard InChI is InChI=1S/C13H15N3O3/c1-9-14-15-13(18)16(9)11-6-4-3-5-10(11)7-8-12(17)19-2/h3-6H,7-8H2,1-2H3,(H,15,18). The van der Waals surface area contributed by atoms with Gasteiger partial charge in [-0.3, -0.25) is 4.79 Å². The number of hydrogen-bond donors (Lipinski definition) is 1. The molecule has 0 aliphatic rings. The average molecular weight is 261 g/mol. The van der Waals surface area contributed by atoms with Crippen molar-refractivity contribution in [2.45, 2.75) is 19.8 Å². The lowest BCUT2D eigenvalue weighted by Crippen LogP contribution is -2.17. The van der Waals surface area contributed by atoms with Gasteiger partial charge in [-0.05, 0) is 25.0 Å². The van der Waals surface area contributed by atoms with Gasteiger partial charge in [0.1, 0.15) is 5.82 Å². The molecule has 19 heavy (non-hydrogen) atoms. The van der Waals surface area contributed by atoms with Gasteiger partial charge in [0, 0.05) is 6.42 Å². The highest BCUT2D eigenvalue weighted by atomic mass is 16.5. The predicted molar refractivity (Wildman–Crippen MR) is 69.3 cm³/mol. The summed E-state index contributed by atoms with van der Waals surface area (Å²) in [7, 11) is 1.36. The van der Waals surface area contributed by atoms with E-state index in [1.165, 1.54) is 11.7 Å². The SMILES string of the molecule is COC(=O)CCc1ccccc1-n1c(C)n[nH]c1=O. The molecule has 1 aromatic heterocycles. The van der Waals surface area contributed by atoms with Crippen molar-refractivity contribution in [1.29, 1.82) is 0 Å². The number of H-pyrrole nitrogens is 1. The summed E-state index contributed by atoms with van der Waals surface area (Å²) in [5.74, 6) is 0.307. The lowest BCUT2D eigenvalue weighted by molar-refractivity contribution is -0.140. The Bertz CT molecular complexity index is 643. The van der Waals surface area contributed by atoms with Crippen LogP contribution in [-0.4, -0.2) is 27.8 Å². The Labute approximate surface area is 110 Å². The van der Waals surface area contributed by atoms with E-state index in [4.69, 9.17) is 0 Å². The Morgan fingerprint density at radius 1 is 1.42 bits per heavy atom. The van der Waals surface area contributed by atoms with E-state index in [1.807, 2.05) is 24.3 Å². The summed E-state index contributed by atoms with van der Waals surface area (Å²) in [5, 5.41) is 6.28. The maximum Gasteiger partial charge on any atom is 0.347 e. The number of nitrogens with zero attached hydrogens (tertiary/aromatic N) is 2. The largest absolute Gasteiger partial charge is 0.469 e. The highest BCUT2D eigenvalue weighted by molar-refractivity contribution is 5.69. The number of aromatic nitrogens is 3. The first-order valence-electron chi connectivity index (χ1n) is 5.92. The zero-order chi connectivity index (χ0) is 13.8. The van der Waals surface area contributed by atoms with Gasteiger partial charge in [-0.1, -0.05) is 18.2 Å². The van der Waals surface area contributed by atoms with E-state index in [2.05, 4.69) is 14.9 Å². The summed E-state index contributed by atoms with van der Waals surface area (Å²) in [6.45, 7) is 1.75. The second-order valence-electron chi connectivity index (χ2n) is 4.12. The highest BCUT2D eigenvalue weighted by Gasteiger charge is 2.11. The number of methoxy groups -OCH3 is 1. The van der Waals surface area contributed by atoms with Crippen LogP contribution in [-0.2, 0) is 16.0 Å². The first-order valence-corrected chi connectivity index (χ1v) is 5.92. The molecule has 0 fully saturated rings. The summed E-state index contributed by atoms with van der Waals surface area (Å²) in [4.78, 5) is 22.9. The molecule has 0 spiro atoms. The van der Waals surface area contributed by atoms with Crippen molar-refractivity contribution in [2.75, 3.05) is 7.11 Å². The molecule has 0 radical (unpaired) electrons. The number of rotatable bonds is 4. The van der Waals surface area contributed by atoms with Crippen molar-refractivity contribution in [3.63, 3.8) is 0 Å². The topological polar surface area (TPSA) is 77.0 Å². The number of benzene rings is 1. The van der Waals surface area contributed by atoms with Crippen LogP contribution in [0.5, 0.6) is 0 Å². The molecule has 6 nitrogen and oxygen atoms in total. The van der Waals surface area contributed by atoms with Crippen molar-refractivity contribution in [3.05, 3.63) is 46.1 Å². The minimum atomic E-state index is -0.289. The van der Waals surface area contributed by atoms with Gasteiger partial charge in [-0.25, -0.2) is 14.5 Å². The molecule has 100 valence electrons. The van der Waals surface area contributed by atoms with E-state index < -0.39 is 0 Å². The lowest BCUT2D eigenvalue weighted by atomic mass is 10.1. The number of aryl methyl sites for hydroxylation is 2. The number of carbonyl (C=O) groups excluding carboxylic acids is 1. The second kappa shape index (κ2) is 5.51. The fraction of sp³-hybridized carbons (Fsp3) is 0.308. The van der Waals surface area contributed by atoms with Gasteiger partial charge in [-0.2, -0.15) is 5.10 Å². The third-order valence-electron chi connectivity index (χ3n) is 2.90.